The molecule has 0 aromatic heterocycles. The molecule has 1 N–H and O–H groups in total. The van der Waals surface area contributed by atoms with Crippen molar-refractivity contribution in [1.29, 1.82) is 0 Å². The highest BCUT2D eigenvalue weighted by Crippen LogP contribution is 2.37. The van der Waals surface area contributed by atoms with E-state index in [-0.39, 0.29) is 36.7 Å². The van der Waals surface area contributed by atoms with Crippen molar-refractivity contribution in [3.63, 3.8) is 0 Å². The third-order valence-electron chi connectivity index (χ3n) is 4.46. The smallest absolute Gasteiger partial charge is 0.317 e. The van der Waals surface area contributed by atoms with E-state index in [1.165, 1.54) is 5.56 Å². The van der Waals surface area contributed by atoms with Gasteiger partial charge in [-0.3, -0.25) is 0 Å². The number of nitrogens with zero attached hydrogens (tertiary/aromatic N) is 1. The summed E-state index contributed by atoms with van der Waals surface area (Å²) < 4.78 is 28.6. The second-order valence-corrected chi connectivity index (χ2v) is 8.24. The molecule has 1 aliphatic heterocycles. The maximum absolute atomic E-state index is 12.4. The van der Waals surface area contributed by atoms with E-state index in [2.05, 4.69) is 5.32 Å². The molecule has 1 aliphatic carbocycles. The van der Waals surface area contributed by atoms with Crippen LogP contribution in [0.25, 0.3) is 0 Å². The number of ether oxygens (including phenoxy) is 1. The molecular formula is C16H22N2O4S. The quantitative estimate of drug-likeness (QED) is 0.906. The van der Waals surface area contributed by atoms with Gasteiger partial charge in [0.25, 0.3) is 0 Å². The molecule has 1 aromatic rings. The van der Waals surface area contributed by atoms with E-state index in [1.807, 2.05) is 25.1 Å². The largest absolute Gasteiger partial charge is 0.494 e. The zero-order chi connectivity index (χ0) is 16.4. The molecule has 0 spiro atoms. The van der Waals surface area contributed by atoms with E-state index in [4.69, 9.17) is 4.74 Å². The molecule has 2 amide bonds. The molecule has 1 atom stereocenters. The average Bonchev–Trinajstić information content (AvgIpc) is 2.92. The summed E-state index contributed by atoms with van der Waals surface area (Å²) in [6, 6.07) is 5.72. The fraction of sp³-hybridized carbons (Fsp3) is 0.562. The molecule has 1 aromatic carbocycles. The highest BCUT2D eigenvalue weighted by Gasteiger charge is 2.30. The molecule has 1 unspecified atom stereocenters. The van der Waals surface area contributed by atoms with E-state index in [0.29, 0.717) is 6.61 Å². The van der Waals surface area contributed by atoms with Crippen molar-refractivity contribution < 1.29 is 17.9 Å². The second-order valence-electron chi connectivity index (χ2n) is 5.94. The van der Waals surface area contributed by atoms with E-state index in [1.54, 1.807) is 4.90 Å². The van der Waals surface area contributed by atoms with Crippen LogP contribution in [0.5, 0.6) is 5.75 Å². The number of urea groups is 1. The molecule has 0 radical (unpaired) electrons. The first-order chi connectivity index (χ1) is 11.0. The third-order valence-corrected chi connectivity index (χ3v) is 6.07. The van der Waals surface area contributed by atoms with Crippen LogP contribution in [0, 0.1) is 0 Å². The van der Waals surface area contributed by atoms with Crippen molar-refractivity contribution in [1.82, 2.24) is 10.2 Å². The van der Waals surface area contributed by atoms with Gasteiger partial charge in [-0.05, 0) is 37.0 Å². The first-order valence-corrected chi connectivity index (χ1v) is 9.83. The van der Waals surface area contributed by atoms with Crippen LogP contribution in [0.3, 0.4) is 0 Å². The molecule has 23 heavy (non-hydrogen) atoms. The predicted molar refractivity (Wildman–Crippen MR) is 87.4 cm³/mol. The van der Waals surface area contributed by atoms with Crippen molar-refractivity contribution in [3.8, 4) is 5.75 Å². The number of sulfone groups is 1. The van der Waals surface area contributed by atoms with Crippen molar-refractivity contribution in [3.05, 3.63) is 29.3 Å². The topological polar surface area (TPSA) is 75.7 Å². The third kappa shape index (κ3) is 3.44. The van der Waals surface area contributed by atoms with Gasteiger partial charge in [0.05, 0.1) is 24.2 Å². The number of fused-ring (bicyclic) bond motifs is 1. The Hall–Kier alpha value is -1.76. The Morgan fingerprint density at radius 1 is 1.35 bits per heavy atom. The minimum absolute atomic E-state index is 0.0311. The van der Waals surface area contributed by atoms with E-state index < -0.39 is 9.84 Å². The Morgan fingerprint density at radius 2 is 2.09 bits per heavy atom. The maximum atomic E-state index is 12.4. The van der Waals surface area contributed by atoms with Gasteiger partial charge in [0.2, 0.25) is 0 Å². The van der Waals surface area contributed by atoms with Crippen LogP contribution in [-0.4, -0.2) is 50.6 Å². The summed E-state index contributed by atoms with van der Waals surface area (Å²) in [4.78, 5) is 14.0. The monoisotopic (exact) mass is 338 g/mol. The standard InChI is InChI=1S/C16H22N2O4S/c1-2-22-15-5-3-4-12-13(15)6-7-14(12)17-16(19)18-8-10-23(20,21)11-9-18/h3-5,14H,2,6-11H2,1H3,(H,17,19). The summed E-state index contributed by atoms with van der Waals surface area (Å²) in [5.41, 5.74) is 2.27. The zero-order valence-electron chi connectivity index (χ0n) is 13.2. The van der Waals surface area contributed by atoms with E-state index in [9.17, 15) is 13.2 Å². The molecule has 7 heteroatoms. The van der Waals surface area contributed by atoms with Crippen LogP contribution in [0.15, 0.2) is 18.2 Å². The summed E-state index contributed by atoms with van der Waals surface area (Å²) in [5.74, 6) is 0.998. The Kier molecular flexibility index (Phi) is 4.48. The lowest BCUT2D eigenvalue weighted by molar-refractivity contribution is 0.198. The molecule has 0 saturated carbocycles. The number of carbonyl (C=O) groups is 1. The maximum Gasteiger partial charge on any atom is 0.317 e. The Balaban J connectivity index is 1.67. The molecule has 0 bridgehead atoms. The first-order valence-electron chi connectivity index (χ1n) is 8.00. The highest BCUT2D eigenvalue weighted by molar-refractivity contribution is 7.91. The van der Waals surface area contributed by atoms with Gasteiger partial charge < -0.3 is 15.0 Å². The SMILES string of the molecule is CCOc1cccc2c1CCC2NC(=O)N1CCS(=O)(=O)CC1. The van der Waals surface area contributed by atoms with Crippen molar-refractivity contribution in [2.24, 2.45) is 0 Å². The van der Waals surface area contributed by atoms with Gasteiger partial charge in [-0.1, -0.05) is 12.1 Å². The van der Waals surface area contributed by atoms with Crippen LogP contribution in [0.2, 0.25) is 0 Å². The molecule has 1 saturated heterocycles. The number of benzene rings is 1. The Labute approximate surface area is 136 Å². The van der Waals surface area contributed by atoms with Gasteiger partial charge in [0, 0.05) is 13.1 Å². The molecule has 1 heterocycles. The molecule has 1 fully saturated rings. The molecule has 6 nitrogen and oxygen atoms in total. The lowest BCUT2D eigenvalue weighted by atomic mass is 10.1. The number of amides is 2. The van der Waals surface area contributed by atoms with Crippen LogP contribution >= 0.6 is 0 Å². The van der Waals surface area contributed by atoms with Crippen LogP contribution in [0.4, 0.5) is 4.79 Å². The molecule has 2 aliphatic rings. The van der Waals surface area contributed by atoms with Gasteiger partial charge in [-0.2, -0.15) is 0 Å². The Morgan fingerprint density at radius 3 is 2.78 bits per heavy atom. The predicted octanol–water partition coefficient (Wildman–Crippen LogP) is 1.51. The number of carbonyl (C=O) groups excluding carboxylic acids is 1. The molecule has 126 valence electrons. The Bertz CT molecular complexity index is 688. The van der Waals surface area contributed by atoms with Crippen LogP contribution in [-0.2, 0) is 16.3 Å². The minimum atomic E-state index is -2.98. The highest BCUT2D eigenvalue weighted by atomic mass is 32.2. The minimum Gasteiger partial charge on any atom is -0.494 e. The van der Waals surface area contributed by atoms with Gasteiger partial charge in [0.15, 0.2) is 9.84 Å². The van der Waals surface area contributed by atoms with Gasteiger partial charge in [-0.25, -0.2) is 13.2 Å². The van der Waals surface area contributed by atoms with E-state index >= 15 is 0 Å². The second kappa shape index (κ2) is 6.39. The van der Waals surface area contributed by atoms with Gasteiger partial charge in [-0.15, -0.1) is 0 Å². The summed E-state index contributed by atoms with van der Waals surface area (Å²) in [6.07, 6.45) is 1.72. The van der Waals surface area contributed by atoms with Gasteiger partial charge >= 0.3 is 6.03 Å². The lowest BCUT2D eigenvalue weighted by Crippen LogP contribution is -2.48. The summed E-state index contributed by atoms with van der Waals surface area (Å²) >= 11 is 0. The number of rotatable bonds is 3. The molecule has 3 rings (SSSR count). The van der Waals surface area contributed by atoms with Crippen molar-refractivity contribution in [2.75, 3.05) is 31.2 Å². The fourth-order valence-corrected chi connectivity index (χ4v) is 4.42. The zero-order valence-corrected chi connectivity index (χ0v) is 14.1. The summed E-state index contributed by atoms with van der Waals surface area (Å²) in [5, 5.41) is 3.04. The lowest BCUT2D eigenvalue weighted by Gasteiger charge is -2.28. The normalized spacial score (nSPS) is 22.5. The summed E-state index contributed by atoms with van der Waals surface area (Å²) in [7, 11) is -2.98. The number of hydrogen-bond acceptors (Lipinski definition) is 4. The number of hydrogen-bond donors (Lipinski definition) is 1. The summed E-state index contributed by atoms with van der Waals surface area (Å²) in [6.45, 7) is 3.12. The van der Waals surface area contributed by atoms with E-state index in [0.717, 1.165) is 24.2 Å². The van der Waals surface area contributed by atoms with Crippen molar-refractivity contribution in [2.45, 2.75) is 25.8 Å². The average molecular weight is 338 g/mol. The van der Waals surface area contributed by atoms with Crippen LogP contribution < -0.4 is 10.1 Å². The molecular weight excluding hydrogens is 316 g/mol. The first kappa shape index (κ1) is 16.1. The van der Waals surface area contributed by atoms with Gasteiger partial charge in [0.1, 0.15) is 5.75 Å². The van der Waals surface area contributed by atoms with Crippen molar-refractivity contribution >= 4 is 15.9 Å². The van der Waals surface area contributed by atoms with Crippen LogP contribution in [0.1, 0.15) is 30.5 Å². The fourth-order valence-electron chi connectivity index (χ4n) is 3.22. The number of nitrogens with one attached hydrogen (secondary N) is 1.